The first-order chi connectivity index (χ1) is 14.2. The van der Waals surface area contributed by atoms with Gasteiger partial charge in [0.15, 0.2) is 5.13 Å². The van der Waals surface area contributed by atoms with Gasteiger partial charge >= 0.3 is 0 Å². The Bertz CT molecular complexity index is 905. The van der Waals surface area contributed by atoms with Crippen molar-refractivity contribution in [1.82, 2.24) is 10.3 Å². The lowest BCUT2D eigenvalue weighted by Crippen LogP contribution is -2.44. The first-order valence-electron chi connectivity index (χ1n) is 9.87. The number of benzene rings is 1. The van der Waals surface area contributed by atoms with Gasteiger partial charge in [-0.05, 0) is 42.5 Å². The van der Waals surface area contributed by atoms with Crippen molar-refractivity contribution >= 4 is 33.9 Å². The zero-order valence-corrected chi connectivity index (χ0v) is 18.4. The van der Waals surface area contributed by atoms with Crippen molar-refractivity contribution in [2.24, 2.45) is 5.92 Å². The van der Waals surface area contributed by atoms with E-state index in [1.54, 1.807) is 6.20 Å². The van der Waals surface area contributed by atoms with E-state index in [1.165, 1.54) is 11.3 Å². The molecule has 0 saturated heterocycles. The van der Waals surface area contributed by atoms with Gasteiger partial charge in [-0.25, -0.2) is 13.8 Å². The number of thiazole rings is 1. The minimum atomic E-state index is -0.763. The van der Waals surface area contributed by atoms with Gasteiger partial charge in [-0.15, -0.1) is 0 Å². The minimum Gasteiger partial charge on any atom is -0.344 e. The second-order valence-electron chi connectivity index (χ2n) is 7.48. The number of amides is 2. The molecule has 0 aliphatic heterocycles. The quantitative estimate of drug-likeness (QED) is 0.586. The number of hydrogen-bond donors (Lipinski definition) is 2. The van der Waals surface area contributed by atoms with Crippen LogP contribution >= 0.6 is 11.3 Å². The number of aromatic nitrogens is 1. The smallest absolute Gasteiger partial charge is 0.248 e. The molecule has 0 aliphatic rings. The molecular weight excluding hydrogens is 408 g/mol. The van der Waals surface area contributed by atoms with E-state index in [4.69, 9.17) is 0 Å². The zero-order chi connectivity index (χ0) is 22.3. The molecule has 2 amide bonds. The molecule has 1 unspecified atom stereocenters. The summed E-state index contributed by atoms with van der Waals surface area (Å²) in [7, 11) is 0. The van der Waals surface area contributed by atoms with Crippen molar-refractivity contribution in [1.29, 1.82) is 0 Å². The Morgan fingerprint density at radius 2 is 1.87 bits per heavy atom. The highest BCUT2D eigenvalue weighted by atomic mass is 32.1. The van der Waals surface area contributed by atoms with E-state index in [2.05, 4.69) is 35.5 Å². The van der Waals surface area contributed by atoms with E-state index < -0.39 is 23.6 Å². The van der Waals surface area contributed by atoms with Crippen LogP contribution in [-0.4, -0.2) is 22.8 Å². The van der Waals surface area contributed by atoms with Gasteiger partial charge in [-0.3, -0.25) is 9.59 Å². The van der Waals surface area contributed by atoms with Gasteiger partial charge in [0.25, 0.3) is 0 Å². The number of halogens is 2. The summed E-state index contributed by atoms with van der Waals surface area (Å²) in [6.45, 7) is 8.07. The predicted molar refractivity (Wildman–Crippen MR) is 116 cm³/mol. The number of allylic oxidation sites excluding steroid dienone is 2. The summed E-state index contributed by atoms with van der Waals surface area (Å²) in [5.41, 5.74) is 1.29. The second-order valence-corrected chi connectivity index (χ2v) is 8.51. The Labute approximate surface area is 179 Å². The Morgan fingerprint density at radius 1 is 1.20 bits per heavy atom. The Kier molecular flexibility index (Phi) is 8.65. The van der Waals surface area contributed by atoms with E-state index >= 15 is 0 Å². The van der Waals surface area contributed by atoms with E-state index in [1.807, 2.05) is 13.8 Å². The van der Waals surface area contributed by atoms with Crippen LogP contribution in [-0.2, 0) is 16.0 Å². The van der Waals surface area contributed by atoms with Crippen molar-refractivity contribution in [3.63, 3.8) is 0 Å². The average Bonchev–Trinajstić information content (AvgIpc) is 3.08. The second kappa shape index (κ2) is 11.0. The van der Waals surface area contributed by atoms with Gasteiger partial charge in [0.2, 0.25) is 11.8 Å². The van der Waals surface area contributed by atoms with Crippen LogP contribution in [0.4, 0.5) is 13.9 Å². The first-order valence-corrected chi connectivity index (χ1v) is 10.7. The van der Waals surface area contributed by atoms with E-state index in [9.17, 15) is 18.4 Å². The number of nitrogens with zero attached hydrogens (tertiary/aromatic N) is 1. The summed E-state index contributed by atoms with van der Waals surface area (Å²) < 4.78 is 26.6. The van der Waals surface area contributed by atoms with E-state index in [0.717, 1.165) is 28.6 Å². The molecule has 0 spiro atoms. The largest absolute Gasteiger partial charge is 0.344 e. The predicted octanol–water partition coefficient (Wildman–Crippen LogP) is 4.95. The maximum atomic E-state index is 13.3. The van der Waals surface area contributed by atoms with Gasteiger partial charge in [-0.1, -0.05) is 44.6 Å². The highest BCUT2D eigenvalue weighted by Crippen LogP contribution is 2.26. The van der Waals surface area contributed by atoms with Crippen molar-refractivity contribution < 1.29 is 18.4 Å². The third-order valence-electron chi connectivity index (χ3n) is 4.22. The minimum absolute atomic E-state index is 0.206. The number of hydrogen-bond acceptors (Lipinski definition) is 4. The summed E-state index contributed by atoms with van der Waals surface area (Å²) >= 11 is 1.36. The number of nitrogens with one attached hydrogen (secondary N) is 2. The Morgan fingerprint density at radius 3 is 2.47 bits per heavy atom. The molecule has 1 aromatic heterocycles. The van der Waals surface area contributed by atoms with Crippen LogP contribution in [0.2, 0.25) is 0 Å². The first kappa shape index (κ1) is 23.7. The molecule has 0 bridgehead atoms. The molecule has 30 heavy (non-hydrogen) atoms. The monoisotopic (exact) mass is 435 g/mol. The molecule has 162 valence electrons. The number of anilines is 1. The average molecular weight is 436 g/mol. The molecule has 5 nitrogen and oxygen atoms in total. The van der Waals surface area contributed by atoms with E-state index in [-0.39, 0.29) is 17.9 Å². The summed E-state index contributed by atoms with van der Waals surface area (Å²) in [5.74, 6) is -1.95. The molecule has 1 aromatic carbocycles. The van der Waals surface area contributed by atoms with Gasteiger partial charge < -0.3 is 10.6 Å². The maximum Gasteiger partial charge on any atom is 0.248 e. The lowest BCUT2D eigenvalue weighted by Gasteiger charge is -2.17. The van der Waals surface area contributed by atoms with E-state index in [0.29, 0.717) is 23.9 Å². The molecule has 2 aromatic rings. The van der Waals surface area contributed by atoms with Crippen LogP contribution in [0.15, 0.2) is 30.5 Å². The summed E-state index contributed by atoms with van der Waals surface area (Å²) in [5, 5.41) is 5.85. The van der Waals surface area contributed by atoms with Gasteiger partial charge in [0, 0.05) is 12.3 Å². The Balaban J connectivity index is 2.02. The van der Waals surface area contributed by atoms with Crippen molar-refractivity contribution in [3.05, 3.63) is 52.5 Å². The highest BCUT2D eigenvalue weighted by molar-refractivity contribution is 7.16. The molecule has 0 aliphatic carbocycles. The molecular formula is C22H27F2N3O2S. The number of carbonyl (C=O) groups is 2. The fourth-order valence-corrected chi connectivity index (χ4v) is 3.79. The number of carbonyl (C=O) groups excluding carboxylic acids is 2. The number of rotatable bonds is 9. The standard InChI is InChI=1S/C22H27F2N3O2S/c1-5-6-18(26-20(28)10-15-8-16(23)11-17(24)9-15)21(29)27-22-25-12-19(30-22)14(4)7-13(2)3/h7-9,11-13,18H,5-6,10H2,1-4H3,(H,26,28)(H,25,27,29). The molecule has 0 radical (unpaired) electrons. The van der Waals surface area contributed by atoms with Crippen LogP contribution in [0.1, 0.15) is 51.0 Å². The molecule has 1 atom stereocenters. The summed E-state index contributed by atoms with van der Waals surface area (Å²) in [6, 6.07) is 2.18. The maximum absolute atomic E-state index is 13.3. The lowest BCUT2D eigenvalue weighted by atomic mass is 10.1. The fourth-order valence-electron chi connectivity index (χ4n) is 2.99. The highest BCUT2D eigenvalue weighted by Gasteiger charge is 2.21. The van der Waals surface area contributed by atoms with Crippen molar-refractivity contribution in [2.45, 2.75) is 53.0 Å². The zero-order valence-electron chi connectivity index (χ0n) is 17.6. The Hall–Kier alpha value is -2.61. The van der Waals surface area contributed by atoms with Crippen LogP contribution in [0.5, 0.6) is 0 Å². The van der Waals surface area contributed by atoms with Crippen LogP contribution in [0, 0.1) is 17.6 Å². The van der Waals surface area contributed by atoms with Crippen LogP contribution < -0.4 is 10.6 Å². The lowest BCUT2D eigenvalue weighted by molar-refractivity contribution is -0.126. The molecule has 1 heterocycles. The topological polar surface area (TPSA) is 71.1 Å². The van der Waals surface area contributed by atoms with Crippen LogP contribution in [0.25, 0.3) is 5.57 Å². The van der Waals surface area contributed by atoms with Crippen molar-refractivity contribution in [3.8, 4) is 0 Å². The SMILES string of the molecule is CCCC(NC(=O)Cc1cc(F)cc(F)c1)C(=O)Nc1ncc(C(C)=CC(C)C)s1. The van der Waals surface area contributed by atoms with Crippen molar-refractivity contribution in [2.75, 3.05) is 5.32 Å². The summed E-state index contributed by atoms with van der Waals surface area (Å²) in [4.78, 5) is 30.2. The van der Waals surface area contributed by atoms with Gasteiger partial charge in [-0.2, -0.15) is 0 Å². The summed E-state index contributed by atoms with van der Waals surface area (Å²) in [6.07, 6.45) is 4.71. The molecule has 8 heteroatoms. The molecule has 0 fully saturated rings. The fraction of sp³-hybridized carbons (Fsp3) is 0.409. The van der Waals surface area contributed by atoms with Gasteiger partial charge in [0.05, 0.1) is 11.3 Å². The molecule has 0 saturated carbocycles. The normalized spacial score (nSPS) is 12.7. The molecule has 2 N–H and O–H groups in total. The van der Waals surface area contributed by atoms with Gasteiger partial charge in [0.1, 0.15) is 17.7 Å². The third kappa shape index (κ3) is 7.33. The van der Waals surface area contributed by atoms with Crippen LogP contribution in [0.3, 0.4) is 0 Å². The third-order valence-corrected chi connectivity index (χ3v) is 5.27. The molecule has 2 rings (SSSR count).